The number of hydrogen-bond acceptors (Lipinski definition) is 4. The third kappa shape index (κ3) is 4.03. The standard InChI is InChI=1S/C9H18N4O3/c10-5-6-1-2-7(16-6)8(14)12-3-4-13-9(11)15/h6-7H,1-5,10H2,(H,12,14)(H3,11,13,15). The zero-order valence-electron chi connectivity index (χ0n) is 9.07. The molecule has 0 aliphatic carbocycles. The van der Waals surface area contributed by atoms with Crippen LogP contribution in [0.15, 0.2) is 0 Å². The van der Waals surface area contributed by atoms with Gasteiger partial charge in [-0.3, -0.25) is 4.79 Å². The summed E-state index contributed by atoms with van der Waals surface area (Å²) < 4.78 is 5.40. The van der Waals surface area contributed by atoms with Crippen LogP contribution in [-0.2, 0) is 9.53 Å². The first-order chi connectivity index (χ1) is 7.63. The average molecular weight is 230 g/mol. The van der Waals surface area contributed by atoms with Gasteiger partial charge in [0.25, 0.3) is 0 Å². The van der Waals surface area contributed by atoms with Gasteiger partial charge in [0, 0.05) is 19.6 Å². The molecule has 6 N–H and O–H groups in total. The van der Waals surface area contributed by atoms with E-state index in [-0.39, 0.29) is 12.0 Å². The van der Waals surface area contributed by atoms with Gasteiger partial charge in [0.2, 0.25) is 5.91 Å². The van der Waals surface area contributed by atoms with Crippen molar-refractivity contribution in [3.05, 3.63) is 0 Å². The van der Waals surface area contributed by atoms with Crippen molar-refractivity contribution >= 4 is 11.9 Å². The summed E-state index contributed by atoms with van der Waals surface area (Å²) in [7, 11) is 0. The lowest BCUT2D eigenvalue weighted by molar-refractivity contribution is -0.131. The zero-order valence-corrected chi connectivity index (χ0v) is 9.07. The second kappa shape index (κ2) is 6.29. The number of nitrogens with two attached hydrogens (primary N) is 2. The molecule has 1 aliphatic rings. The van der Waals surface area contributed by atoms with E-state index >= 15 is 0 Å². The number of carbonyl (C=O) groups is 2. The van der Waals surface area contributed by atoms with Crippen LogP contribution in [0, 0.1) is 0 Å². The summed E-state index contributed by atoms with van der Waals surface area (Å²) in [5.74, 6) is -0.165. The highest BCUT2D eigenvalue weighted by Crippen LogP contribution is 2.18. The Balaban J connectivity index is 2.13. The Morgan fingerprint density at radius 1 is 1.25 bits per heavy atom. The van der Waals surface area contributed by atoms with Crippen LogP contribution in [0.1, 0.15) is 12.8 Å². The Hall–Kier alpha value is -1.34. The number of primary amides is 1. The Bertz CT molecular complexity index is 259. The van der Waals surface area contributed by atoms with Crippen molar-refractivity contribution in [3.8, 4) is 0 Å². The third-order valence-electron chi connectivity index (χ3n) is 2.39. The fourth-order valence-electron chi connectivity index (χ4n) is 1.56. The maximum Gasteiger partial charge on any atom is 0.312 e. The lowest BCUT2D eigenvalue weighted by Crippen LogP contribution is -2.41. The van der Waals surface area contributed by atoms with Crippen LogP contribution in [0.3, 0.4) is 0 Å². The van der Waals surface area contributed by atoms with Crippen LogP contribution in [0.5, 0.6) is 0 Å². The number of carbonyl (C=O) groups excluding carboxylic acids is 2. The monoisotopic (exact) mass is 230 g/mol. The molecule has 2 atom stereocenters. The van der Waals surface area contributed by atoms with E-state index in [0.29, 0.717) is 26.1 Å². The van der Waals surface area contributed by atoms with Gasteiger partial charge in [-0.05, 0) is 12.8 Å². The molecule has 0 aromatic rings. The molecular formula is C9H18N4O3. The second-order valence-corrected chi connectivity index (χ2v) is 3.64. The number of rotatable bonds is 5. The van der Waals surface area contributed by atoms with Gasteiger partial charge < -0.3 is 26.8 Å². The molecule has 1 fully saturated rings. The predicted octanol–water partition coefficient (Wildman–Crippen LogP) is -1.72. The highest BCUT2D eigenvalue weighted by Gasteiger charge is 2.29. The highest BCUT2D eigenvalue weighted by molar-refractivity contribution is 5.81. The first kappa shape index (κ1) is 12.7. The van der Waals surface area contributed by atoms with Crippen LogP contribution in [0.25, 0.3) is 0 Å². The fourth-order valence-corrected chi connectivity index (χ4v) is 1.56. The minimum absolute atomic E-state index is 0.0144. The van der Waals surface area contributed by atoms with Crippen LogP contribution in [-0.4, -0.2) is 43.8 Å². The summed E-state index contributed by atoms with van der Waals surface area (Å²) in [5.41, 5.74) is 10.3. The molecule has 3 amide bonds. The van der Waals surface area contributed by atoms with E-state index in [4.69, 9.17) is 16.2 Å². The lowest BCUT2D eigenvalue weighted by Gasteiger charge is -2.12. The number of urea groups is 1. The van der Waals surface area contributed by atoms with E-state index in [1.807, 2.05) is 0 Å². The van der Waals surface area contributed by atoms with Crippen molar-refractivity contribution < 1.29 is 14.3 Å². The third-order valence-corrected chi connectivity index (χ3v) is 2.39. The van der Waals surface area contributed by atoms with Gasteiger partial charge in [0.1, 0.15) is 6.10 Å². The van der Waals surface area contributed by atoms with Crippen LogP contribution < -0.4 is 22.1 Å². The predicted molar refractivity (Wildman–Crippen MR) is 57.5 cm³/mol. The summed E-state index contributed by atoms with van der Waals surface area (Å²) in [6.07, 6.45) is 1.08. The molecule has 1 saturated heterocycles. The van der Waals surface area contributed by atoms with Crippen LogP contribution in [0.4, 0.5) is 4.79 Å². The van der Waals surface area contributed by atoms with Crippen molar-refractivity contribution in [3.63, 3.8) is 0 Å². The first-order valence-corrected chi connectivity index (χ1v) is 5.30. The van der Waals surface area contributed by atoms with E-state index in [9.17, 15) is 9.59 Å². The largest absolute Gasteiger partial charge is 0.364 e. The molecular weight excluding hydrogens is 212 g/mol. The van der Waals surface area contributed by atoms with E-state index in [1.165, 1.54) is 0 Å². The molecule has 0 aromatic heterocycles. The Kier molecular flexibility index (Phi) is 5.00. The van der Waals surface area contributed by atoms with E-state index in [2.05, 4.69) is 10.6 Å². The van der Waals surface area contributed by atoms with Gasteiger partial charge >= 0.3 is 6.03 Å². The molecule has 1 aliphatic heterocycles. The van der Waals surface area contributed by atoms with E-state index < -0.39 is 12.1 Å². The molecule has 1 rings (SSSR count). The van der Waals surface area contributed by atoms with Gasteiger partial charge in [0.05, 0.1) is 6.10 Å². The highest BCUT2D eigenvalue weighted by atomic mass is 16.5. The lowest BCUT2D eigenvalue weighted by atomic mass is 10.2. The minimum Gasteiger partial charge on any atom is -0.364 e. The molecule has 7 nitrogen and oxygen atoms in total. The Morgan fingerprint density at radius 3 is 2.50 bits per heavy atom. The van der Waals surface area contributed by atoms with Gasteiger partial charge in [0.15, 0.2) is 0 Å². The van der Waals surface area contributed by atoms with Crippen LogP contribution in [0.2, 0.25) is 0 Å². The van der Waals surface area contributed by atoms with E-state index in [1.54, 1.807) is 0 Å². The zero-order chi connectivity index (χ0) is 12.0. The van der Waals surface area contributed by atoms with Gasteiger partial charge in [-0.2, -0.15) is 0 Å². The molecule has 0 radical (unpaired) electrons. The molecule has 16 heavy (non-hydrogen) atoms. The minimum atomic E-state index is -0.602. The number of amides is 3. The molecule has 2 unspecified atom stereocenters. The molecule has 92 valence electrons. The average Bonchev–Trinajstić information content (AvgIpc) is 2.72. The maximum atomic E-state index is 11.5. The second-order valence-electron chi connectivity index (χ2n) is 3.64. The molecule has 0 bridgehead atoms. The summed E-state index contributed by atoms with van der Waals surface area (Å²) in [6, 6.07) is -0.602. The topological polar surface area (TPSA) is 119 Å². The van der Waals surface area contributed by atoms with Gasteiger partial charge in [-0.15, -0.1) is 0 Å². The molecule has 0 saturated carbocycles. The van der Waals surface area contributed by atoms with Crippen LogP contribution >= 0.6 is 0 Å². The van der Waals surface area contributed by atoms with E-state index in [0.717, 1.165) is 6.42 Å². The van der Waals surface area contributed by atoms with Crippen molar-refractivity contribution in [1.29, 1.82) is 0 Å². The van der Waals surface area contributed by atoms with Crippen molar-refractivity contribution in [2.45, 2.75) is 25.0 Å². The number of nitrogens with one attached hydrogen (secondary N) is 2. The fraction of sp³-hybridized carbons (Fsp3) is 0.778. The van der Waals surface area contributed by atoms with Gasteiger partial charge in [-0.25, -0.2) is 4.79 Å². The molecule has 0 spiro atoms. The van der Waals surface area contributed by atoms with Crippen molar-refractivity contribution in [2.75, 3.05) is 19.6 Å². The Labute approximate surface area is 93.9 Å². The summed E-state index contributed by atoms with van der Waals surface area (Å²) >= 11 is 0. The van der Waals surface area contributed by atoms with Gasteiger partial charge in [-0.1, -0.05) is 0 Å². The SMILES string of the molecule is NCC1CCC(C(=O)NCCNC(N)=O)O1. The smallest absolute Gasteiger partial charge is 0.312 e. The number of ether oxygens (including phenoxy) is 1. The summed E-state index contributed by atoms with van der Waals surface area (Å²) in [4.78, 5) is 21.9. The van der Waals surface area contributed by atoms with Crippen molar-refractivity contribution in [1.82, 2.24) is 10.6 Å². The normalized spacial score (nSPS) is 24.1. The molecule has 0 aromatic carbocycles. The quantitative estimate of drug-likeness (QED) is 0.420. The van der Waals surface area contributed by atoms with Crippen molar-refractivity contribution in [2.24, 2.45) is 11.5 Å². The molecule has 7 heteroatoms. The molecule has 1 heterocycles. The maximum absolute atomic E-state index is 11.5. The Morgan fingerprint density at radius 2 is 1.94 bits per heavy atom. The summed E-state index contributed by atoms with van der Waals surface area (Å²) in [6.45, 7) is 1.09. The number of hydrogen-bond donors (Lipinski definition) is 4. The first-order valence-electron chi connectivity index (χ1n) is 5.30. The summed E-state index contributed by atoms with van der Waals surface area (Å²) in [5, 5.41) is 5.02.